The second-order valence-corrected chi connectivity index (χ2v) is 13.4. The van der Waals surface area contributed by atoms with E-state index in [2.05, 4.69) is 170 Å². The van der Waals surface area contributed by atoms with Gasteiger partial charge >= 0.3 is 0 Å². The Labute approximate surface area is 307 Å². The first-order valence-corrected chi connectivity index (χ1v) is 17.9. The number of hydrogen-bond donors (Lipinski definition) is 0. The highest BCUT2D eigenvalue weighted by molar-refractivity contribution is 6.18. The third kappa shape index (κ3) is 5.65. The first-order valence-electron chi connectivity index (χ1n) is 17.9. The molecule has 2 heterocycles. The van der Waals surface area contributed by atoms with Gasteiger partial charge in [0.25, 0.3) is 0 Å². The van der Waals surface area contributed by atoms with Crippen LogP contribution in [0.1, 0.15) is 0 Å². The minimum Gasteiger partial charge on any atom is -0.437 e. The van der Waals surface area contributed by atoms with Crippen molar-refractivity contribution in [1.82, 2.24) is 9.97 Å². The summed E-state index contributed by atoms with van der Waals surface area (Å²) in [7, 11) is 0. The summed E-state index contributed by atoms with van der Waals surface area (Å²) in [4.78, 5) is 10.3. The van der Waals surface area contributed by atoms with Gasteiger partial charge in [-0.25, -0.2) is 4.98 Å². The lowest BCUT2D eigenvalue weighted by Crippen LogP contribution is -1.94. The van der Waals surface area contributed by atoms with Crippen LogP contribution >= 0.6 is 0 Å². The minimum absolute atomic E-state index is 0.583. The maximum Gasteiger partial charge on any atom is 0.231 e. The minimum atomic E-state index is 0.583. The van der Waals surface area contributed by atoms with Crippen molar-refractivity contribution in [3.05, 3.63) is 194 Å². The summed E-state index contributed by atoms with van der Waals surface area (Å²) < 4.78 is 6.60. The van der Waals surface area contributed by atoms with Crippen molar-refractivity contribution in [2.24, 2.45) is 0 Å². The Kier molecular flexibility index (Phi) is 7.47. The van der Waals surface area contributed by atoms with Crippen LogP contribution in [0.4, 0.5) is 0 Å². The Hall–Kier alpha value is -7.10. The summed E-state index contributed by atoms with van der Waals surface area (Å²) in [5.74, 6) is 0.626. The maximum atomic E-state index is 6.60. The largest absolute Gasteiger partial charge is 0.437 e. The summed E-state index contributed by atoms with van der Waals surface area (Å²) in [6.07, 6.45) is 0. The van der Waals surface area contributed by atoms with E-state index in [9.17, 15) is 0 Å². The Bertz CT molecular complexity index is 2870. The normalized spacial score (nSPS) is 11.4. The standard InChI is InChI=1S/C50H32N2O/c1-4-14-33(15-5-1)41-30-42(34-16-6-2-7-17-34)32-43(31-41)39-23-12-21-37(28-39)38-22-13-24-40(29-38)49-51-47(36-19-8-3-9-20-36)46-45-27-26-35-18-10-11-25-44(35)48(45)53-50(46)52-49/h1-32H. The number of fused-ring (bicyclic) bond motifs is 5. The van der Waals surface area contributed by atoms with Gasteiger partial charge in [-0.2, -0.15) is 4.98 Å². The second-order valence-electron chi connectivity index (χ2n) is 13.4. The average Bonchev–Trinajstić information content (AvgIpc) is 3.63. The van der Waals surface area contributed by atoms with Gasteiger partial charge < -0.3 is 4.42 Å². The highest BCUT2D eigenvalue weighted by Crippen LogP contribution is 2.40. The predicted octanol–water partition coefficient (Wildman–Crippen LogP) is 13.5. The van der Waals surface area contributed by atoms with Gasteiger partial charge in [0.05, 0.1) is 11.1 Å². The van der Waals surface area contributed by atoms with Crippen LogP contribution in [-0.2, 0) is 0 Å². The van der Waals surface area contributed by atoms with E-state index in [0.29, 0.717) is 11.5 Å². The monoisotopic (exact) mass is 676 g/mol. The van der Waals surface area contributed by atoms with E-state index < -0.39 is 0 Å². The molecule has 0 amide bonds. The van der Waals surface area contributed by atoms with Crippen LogP contribution in [0.15, 0.2) is 199 Å². The molecule has 0 fully saturated rings. The van der Waals surface area contributed by atoms with Crippen LogP contribution < -0.4 is 0 Å². The Morgan fingerprint density at radius 2 is 0.792 bits per heavy atom. The molecule has 53 heavy (non-hydrogen) atoms. The van der Waals surface area contributed by atoms with E-state index in [1.54, 1.807) is 0 Å². The molecule has 3 nitrogen and oxygen atoms in total. The van der Waals surface area contributed by atoms with Crippen molar-refractivity contribution in [1.29, 1.82) is 0 Å². The van der Waals surface area contributed by atoms with Gasteiger partial charge in [-0.15, -0.1) is 0 Å². The maximum absolute atomic E-state index is 6.60. The lowest BCUT2D eigenvalue weighted by molar-refractivity contribution is 0.657. The summed E-state index contributed by atoms with van der Waals surface area (Å²) in [5.41, 5.74) is 13.5. The zero-order valence-electron chi connectivity index (χ0n) is 28.8. The number of hydrogen-bond acceptors (Lipinski definition) is 3. The molecule has 248 valence electrons. The number of rotatable bonds is 6. The van der Waals surface area contributed by atoms with E-state index in [0.717, 1.165) is 60.6 Å². The van der Waals surface area contributed by atoms with Crippen molar-refractivity contribution < 1.29 is 4.42 Å². The van der Waals surface area contributed by atoms with Crippen molar-refractivity contribution >= 4 is 32.8 Å². The van der Waals surface area contributed by atoms with Gasteiger partial charge in [0.2, 0.25) is 5.71 Å². The fourth-order valence-corrected chi connectivity index (χ4v) is 7.44. The van der Waals surface area contributed by atoms with Crippen molar-refractivity contribution in [3.8, 4) is 67.2 Å². The zero-order chi connectivity index (χ0) is 35.1. The number of benzene rings is 8. The van der Waals surface area contributed by atoms with Gasteiger partial charge in [-0.3, -0.25) is 0 Å². The summed E-state index contributed by atoms with van der Waals surface area (Å²) >= 11 is 0. The molecule has 0 aliphatic heterocycles. The summed E-state index contributed by atoms with van der Waals surface area (Å²) in [6.45, 7) is 0. The molecule has 0 aliphatic rings. The van der Waals surface area contributed by atoms with Crippen LogP contribution in [0.2, 0.25) is 0 Å². The van der Waals surface area contributed by atoms with E-state index in [4.69, 9.17) is 14.4 Å². The first kappa shape index (κ1) is 30.7. The average molecular weight is 677 g/mol. The fourth-order valence-electron chi connectivity index (χ4n) is 7.44. The number of furan rings is 1. The van der Waals surface area contributed by atoms with Crippen molar-refractivity contribution in [3.63, 3.8) is 0 Å². The van der Waals surface area contributed by atoms with Crippen LogP contribution in [0.25, 0.3) is 100.0 Å². The summed E-state index contributed by atoms with van der Waals surface area (Å²) in [6, 6.07) is 68.3. The van der Waals surface area contributed by atoms with E-state index >= 15 is 0 Å². The topological polar surface area (TPSA) is 38.9 Å². The number of aromatic nitrogens is 2. The Morgan fingerprint density at radius 3 is 1.43 bits per heavy atom. The Morgan fingerprint density at radius 1 is 0.321 bits per heavy atom. The van der Waals surface area contributed by atoms with Crippen LogP contribution in [-0.4, -0.2) is 9.97 Å². The molecule has 0 aliphatic carbocycles. The smallest absolute Gasteiger partial charge is 0.231 e. The van der Waals surface area contributed by atoms with Gasteiger partial charge in [0.1, 0.15) is 5.58 Å². The van der Waals surface area contributed by atoms with E-state index in [-0.39, 0.29) is 0 Å². The second kappa shape index (κ2) is 12.9. The predicted molar refractivity (Wildman–Crippen MR) is 219 cm³/mol. The zero-order valence-corrected chi connectivity index (χ0v) is 28.8. The molecule has 0 saturated heterocycles. The molecular formula is C50H32N2O. The van der Waals surface area contributed by atoms with Crippen LogP contribution in [0, 0.1) is 0 Å². The SMILES string of the molecule is c1ccc(-c2cc(-c3ccccc3)cc(-c3cccc(-c4cccc(-c5nc(-c6ccccc6)c6c(n5)oc5c7ccccc7ccc56)c4)c3)c2)cc1. The Balaban J connectivity index is 1.09. The molecule has 0 saturated carbocycles. The van der Waals surface area contributed by atoms with Gasteiger partial charge in [-0.1, -0.05) is 158 Å². The third-order valence-electron chi connectivity index (χ3n) is 10.1. The molecular weight excluding hydrogens is 645 g/mol. The third-order valence-corrected chi connectivity index (χ3v) is 10.1. The number of nitrogens with zero attached hydrogens (tertiary/aromatic N) is 2. The van der Waals surface area contributed by atoms with Gasteiger partial charge in [0, 0.05) is 21.9 Å². The molecule has 0 N–H and O–H groups in total. The molecule has 0 spiro atoms. The molecule has 2 aromatic heterocycles. The fraction of sp³-hybridized carbons (Fsp3) is 0. The van der Waals surface area contributed by atoms with Crippen molar-refractivity contribution in [2.45, 2.75) is 0 Å². The van der Waals surface area contributed by atoms with Crippen molar-refractivity contribution in [2.75, 3.05) is 0 Å². The molecule has 0 atom stereocenters. The molecule has 0 radical (unpaired) electrons. The summed E-state index contributed by atoms with van der Waals surface area (Å²) in [5, 5.41) is 4.14. The molecule has 10 rings (SSSR count). The van der Waals surface area contributed by atoms with E-state index in [1.165, 1.54) is 27.8 Å². The van der Waals surface area contributed by atoms with Gasteiger partial charge in [-0.05, 0) is 86.3 Å². The first-order chi connectivity index (χ1) is 26.2. The van der Waals surface area contributed by atoms with E-state index in [1.807, 2.05) is 24.3 Å². The quantitative estimate of drug-likeness (QED) is 0.176. The highest BCUT2D eigenvalue weighted by Gasteiger charge is 2.20. The lowest BCUT2D eigenvalue weighted by atomic mass is 9.92. The molecule has 3 heteroatoms. The van der Waals surface area contributed by atoms with Crippen LogP contribution in [0.3, 0.4) is 0 Å². The lowest BCUT2D eigenvalue weighted by Gasteiger charge is -2.13. The van der Waals surface area contributed by atoms with Gasteiger partial charge in [0.15, 0.2) is 5.82 Å². The molecule has 8 aromatic carbocycles. The molecule has 0 bridgehead atoms. The molecule has 0 unspecified atom stereocenters. The van der Waals surface area contributed by atoms with Crippen LogP contribution in [0.5, 0.6) is 0 Å². The highest BCUT2D eigenvalue weighted by atomic mass is 16.3. The molecule has 10 aromatic rings.